The van der Waals surface area contributed by atoms with Crippen molar-refractivity contribution in [2.45, 2.75) is 6.92 Å². The van der Waals surface area contributed by atoms with Gasteiger partial charge in [-0.15, -0.1) is 0 Å². The molecule has 0 bridgehead atoms. The van der Waals surface area contributed by atoms with Gasteiger partial charge in [0.1, 0.15) is 5.75 Å². The molecule has 0 atom stereocenters. The number of carbonyl (C=O) groups excluding carboxylic acids is 3. The number of likely N-dealkylation sites (N-methyl/N-ethyl adjacent to an activating group) is 1. The van der Waals surface area contributed by atoms with Gasteiger partial charge in [0.25, 0.3) is 5.91 Å². The molecule has 2 N–H and O–H groups in total. The summed E-state index contributed by atoms with van der Waals surface area (Å²) in [7, 11) is 1.50. The average Bonchev–Trinajstić information content (AvgIpc) is 2.67. The first kappa shape index (κ1) is 21.4. The van der Waals surface area contributed by atoms with Crippen LogP contribution in [0, 0.1) is 6.92 Å². The van der Waals surface area contributed by atoms with Gasteiger partial charge in [0.05, 0.1) is 13.1 Å². The van der Waals surface area contributed by atoms with E-state index < -0.39 is 5.91 Å². The van der Waals surface area contributed by atoms with Crippen LogP contribution < -0.4 is 15.4 Å². The van der Waals surface area contributed by atoms with Crippen molar-refractivity contribution in [1.82, 2.24) is 10.2 Å². The van der Waals surface area contributed by atoms with Gasteiger partial charge in [-0.1, -0.05) is 34.1 Å². The zero-order chi connectivity index (χ0) is 20.5. The molecular formula is C20H22BrN3O4. The fourth-order valence-corrected chi connectivity index (χ4v) is 2.76. The van der Waals surface area contributed by atoms with Gasteiger partial charge < -0.3 is 20.3 Å². The van der Waals surface area contributed by atoms with E-state index >= 15 is 0 Å². The van der Waals surface area contributed by atoms with Gasteiger partial charge in [0, 0.05) is 17.2 Å². The number of hydrogen-bond acceptors (Lipinski definition) is 4. The first-order chi connectivity index (χ1) is 13.3. The van der Waals surface area contributed by atoms with Crippen molar-refractivity contribution in [3.8, 4) is 5.75 Å². The van der Waals surface area contributed by atoms with Crippen molar-refractivity contribution in [3.63, 3.8) is 0 Å². The van der Waals surface area contributed by atoms with E-state index in [-0.39, 0.29) is 31.5 Å². The molecule has 7 nitrogen and oxygen atoms in total. The highest BCUT2D eigenvalue weighted by Gasteiger charge is 2.15. The Morgan fingerprint density at radius 1 is 1.07 bits per heavy atom. The number of hydrogen-bond donors (Lipinski definition) is 2. The van der Waals surface area contributed by atoms with E-state index in [1.165, 1.54) is 11.9 Å². The molecule has 3 amide bonds. The first-order valence-corrected chi connectivity index (χ1v) is 9.39. The number of rotatable bonds is 8. The molecule has 0 heterocycles. The molecule has 2 rings (SSSR count). The fourth-order valence-electron chi connectivity index (χ4n) is 2.29. The third kappa shape index (κ3) is 7.03. The summed E-state index contributed by atoms with van der Waals surface area (Å²) in [4.78, 5) is 37.3. The molecule has 148 valence electrons. The van der Waals surface area contributed by atoms with E-state index in [9.17, 15) is 14.4 Å². The summed E-state index contributed by atoms with van der Waals surface area (Å²) < 4.78 is 6.23. The largest absolute Gasteiger partial charge is 0.484 e. The fraction of sp³-hybridized carbons (Fsp3) is 0.250. The van der Waals surface area contributed by atoms with Crippen LogP contribution in [-0.4, -0.2) is 49.4 Å². The maximum atomic E-state index is 12.1. The van der Waals surface area contributed by atoms with Gasteiger partial charge in [0.15, 0.2) is 6.61 Å². The summed E-state index contributed by atoms with van der Waals surface area (Å²) in [5, 5.41) is 5.25. The summed E-state index contributed by atoms with van der Waals surface area (Å²) in [5.41, 5.74) is 1.59. The molecule has 0 radical (unpaired) electrons. The molecule has 28 heavy (non-hydrogen) atoms. The Bertz CT molecular complexity index is 843. The number of anilines is 1. The van der Waals surface area contributed by atoms with Gasteiger partial charge >= 0.3 is 0 Å². The monoisotopic (exact) mass is 447 g/mol. The molecule has 0 unspecified atom stereocenters. The van der Waals surface area contributed by atoms with E-state index in [1.807, 2.05) is 25.1 Å². The van der Waals surface area contributed by atoms with Crippen molar-refractivity contribution in [2.24, 2.45) is 0 Å². The van der Waals surface area contributed by atoms with Gasteiger partial charge in [-0.05, 0) is 42.8 Å². The predicted octanol–water partition coefficient (Wildman–Crippen LogP) is 2.35. The summed E-state index contributed by atoms with van der Waals surface area (Å²) in [6, 6.07) is 14.4. The molecule has 0 fully saturated rings. The highest BCUT2D eigenvalue weighted by Crippen LogP contribution is 2.19. The lowest BCUT2D eigenvalue weighted by molar-refractivity contribution is -0.134. The molecule has 0 spiro atoms. The molecule has 0 saturated heterocycles. The number of amides is 3. The molecule has 2 aromatic rings. The second kappa shape index (κ2) is 10.5. The minimum Gasteiger partial charge on any atom is -0.484 e. The smallest absolute Gasteiger partial charge is 0.258 e. The first-order valence-electron chi connectivity index (χ1n) is 8.59. The topological polar surface area (TPSA) is 87.7 Å². The average molecular weight is 448 g/mol. The molecule has 0 aliphatic heterocycles. The van der Waals surface area contributed by atoms with E-state index in [0.29, 0.717) is 11.4 Å². The number of para-hydroxylation sites is 1. The Morgan fingerprint density at radius 2 is 1.79 bits per heavy atom. The minimum atomic E-state index is -0.416. The van der Waals surface area contributed by atoms with Gasteiger partial charge in [-0.3, -0.25) is 14.4 Å². The molecular weight excluding hydrogens is 426 g/mol. The van der Waals surface area contributed by atoms with E-state index in [2.05, 4.69) is 26.6 Å². The van der Waals surface area contributed by atoms with Crippen LogP contribution in [0.4, 0.5) is 5.69 Å². The van der Waals surface area contributed by atoms with Gasteiger partial charge in [-0.25, -0.2) is 0 Å². The Morgan fingerprint density at radius 3 is 2.46 bits per heavy atom. The normalized spacial score (nSPS) is 10.1. The zero-order valence-electron chi connectivity index (χ0n) is 15.7. The summed E-state index contributed by atoms with van der Waals surface area (Å²) in [6.45, 7) is 1.36. The van der Waals surface area contributed by atoms with E-state index in [1.54, 1.807) is 30.3 Å². The number of nitrogens with zero attached hydrogens (tertiary/aromatic N) is 1. The van der Waals surface area contributed by atoms with Crippen molar-refractivity contribution in [2.75, 3.05) is 32.1 Å². The quantitative estimate of drug-likeness (QED) is 0.649. The maximum Gasteiger partial charge on any atom is 0.258 e. The van der Waals surface area contributed by atoms with Crippen molar-refractivity contribution in [3.05, 3.63) is 58.6 Å². The molecule has 8 heteroatoms. The van der Waals surface area contributed by atoms with Crippen LogP contribution in [-0.2, 0) is 14.4 Å². The second-order valence-corrected chi connectivity index (χ2v) is 7.05. The third-order valence-electron chi connectivity index (χ3n) is 3.82. The number of benzene rings is 2. The molecule has 0 aromatic heterocycles. The minimum absolute atomic E-state index is 0.120. The van der Waals surface area contributed by atoms with Crippen molar-refractivity contribution >= 4 is 39.3 Å². The van der Waals surface area contributed by atoms with Crippen LogP contribution in [0.1, 0.15) is 5.56 Å². The number of nitrogens with one attached hydrogen (secondary N) is 2. The van der Waals surface area contributed by atoms with Crippen molar-refractivity contribution < 1.29 is 19.1 Å². The lowest BCUT2D eigenvalue weighted by atomic mass is 10.2. The van der Waals surface area contributed by atoms with Crippen LogP contribution >= 0.6 is 15.9 Å². The van der Waals surface area contributed by atoms with Crippen LogP contribution in [0.5, 0.6) is 5.75 Å². The number of aryl methyl sites for hydroxylation is 1. The molecule has 0 aliphatic carbocycles. The van der Waals surface area contributed by atoms with Crippen LogP contribution in [0.15, 0.2) is 53.0 Å². The third-order valence-corrected chi connectivity index (χ3v) is 4.31. The molecule has 0 saturated carbocycles. The van der Waals surface area contributed by atoms with E-state index in [0.717, 1.165) is 10.0 Å². The Labute approximate surface area is 172 Å². The summed E-state index contributed by atoms with van der Waals surface area (Å²) >= 11 is 3.37. The highest BCUT2D eigenvalue weighted by atomic mass is 79.9. The number of carbonyl (C=O) groups is 3. The SMILES string of the molecule is Cc1cc(Br)ccc1NC(=O)CN(C)C(=O)CNC(=O)COc1ccccc1. The van der Waals surface area contributed by atoms with Gasteiger partial charge in [0.2, 0.25) is 11.8 Å². The van der Waals surface area contributed by atoms with E-state index in [4.69, 9.17) is 4.74 Å². The summed E-state index contributed by atoms with van der Waals surface area (Å²) in [5.74, 6) is -0.544. The number of halogens is 1. The van der Waals surface area contributed by atoms with Crippen LogP contribution in [0.3, 0.4) is 0 Å². The standard InChI is InChI=1S/C20H22BrN3O4/c1-14-10-15(21)8-9-17(14)23-18(25)12-24(2)20(27)11-22-19(26)13-28-16-6-4-3-5-7-16/h3-10H,11-13H2,1-2H3,(H,22,26)(H,23,25). The Hall–Kier alpha value is -2.87. The molecule has 2 aromatic carbocycles. The maximum absolute atomic E-state index is 12.1. The number of ether oxygens (including phenoxy) is 1. The van der Waals surface area contributed by atoms with Crippen LogP contribution in [0.2, 0.25) is 0 Å². The van der Waals surface area contributed by atoms with Crippen LogP contribution in [0.25, 0.3) is 0 Å². The van der Waals surface area contributed by atoms with Gasteiger partial charge in [-0.2, -0.15) is 0 Å². The molecule has 0 aliphatic rings. The Balaban J connectivity index is 1.72. The highest BCUT2D eigenvalue weighted by molar-refractivity contribution is 9.10. The second-order valence-electron chi connectivity index (χ2n) is 6.14. The van der Waals surface area contributed by atoms with Crippen molar-refractivity contribution in [1.29, 1.82) is 0 Å². The lowest BCUT2D eigenvalue weighted by Gasteiger charge is -2.18. The zero-order valence-corrected chi connectivity index (χ0v) is 17.3. The predicted molar refractivity (Wildman–Crippen MR) is 110 cm³/mol. The summed E-state index contributed by atoms with van der Waals surface area (Å²) in [6.07, 6.45) is 0. The lowest BCUT2D eigenvalue weighted by Crippen LogP contribution is -2.42. The Kier molecular flexibility index (Phi) is 8.01.